The number of nitrogens with one attached hydrogen (secondary N) is 2. The van der Waals surface area contributed by atoms with Gasteiger partial charge in [-0.05, 0) is 47.2 Å². The summed E-state index contributed by atoms with van der Waals surface area (Å²) in [6, 6.07) is 21.5. The van der Waals surface area contributed by atoms with E-state index in [1.807, 2.05) is 37.4 Å². The summed E-state index contributed by atoms with van der Waals surface area (Å²) in [7, 11) is 0. The number of carbonyl (C=O) groups excluding carboxylic acids is 2. The van der Waals surface area contributed by atoms with Crippen molar-refractivity contribution in [3.63, 3.8) is 0 Å². The largest absolute Gasteiger partial charge is 0.369 e. The van der Waals surface area contributed by atoms with Crippen molar-refractivity contribution in [2.75, 3.05) is 36.4 Å². The Balaban J connectivity index is 1.29. The highest BCUT2D eigenvalue weighted by Gasteiger charge is 2.25. The van der Waals surface area contributed by atoms with Gasteiger partial charge in [-0.15, -0.1) is 11.3 Å². The van der Waals surface area contributed by atoms with Gasteiger partial charge in [0.2, 0.25) is 5.91 Å². The number of amides is 2. The summed E-state index contributed by atoms with van der Waals surface area (Å²) in [6.07, 6.45) is 0. The lowest BCUT2D eigenvalue weighted by Gasteiger charge is -2.36. The van der Waals surface area contributed by atoms with Crippen LogP contribution in [0.2, 0.25) is 0 Å². The number of hydrogen-bond donors (Lipinski definition) is 2. The predicted molar refractivity (Wildman–Crippen MR) is 139 cm³/mol. The van der Waals surface area contributed by atoms with Crippen LogP contribution < -0.4 is 15.5 Å². The topological polar surface area (TPSA) is 64.7 Å². The maximum Gasteiger partial charge on any atom is 0.262 e. The molecule has 1 aliphatic rings. The molecule has 6 nitrogen and oxygen atoms in total. The van der Waals surface area contributed by atoms with Gasteiger partial charge in [0.05, 0.1) is 4.88 Å². The van der Waals surface area contributed by atoms with Gasteiger partial charge in [0.15, 0.2) is 0 Å². The number of rotatable bonds is 8. The van der Waals surface area contributed by atoms with Crippen LogP contribution >= 0.6 is 11.3 Å². The van der Waals surface area contributed by atoms with E-state index < -0.39 is 6.04 Å². The van der Waals surface area contributed by atoms with Crippen molar-refractivity contribution >= 4 is 34.5 Å². The van der Waals surface area contributed by atoms with E-state index in [1.165, 1.54) is 16.9 Å². The Morgan fingerprint density at radius 1 is 0.912 bits per heavy atom. The lowest BCUT2D eigenvalue weighted by molar-refractivity contribution is -0.118. The van der Waals surface area contributed by atoms with Crippen LogP contribution in [0, 0.1) is 5.92 Å². The highest BCUT2D eigenvalue weighted by molar-refractivity contribution is 7.12. The Bertz CT molecular complexity index is 1060. The third-order valence-corrected chi connectivity index (χ3v) is 6.97. The Kier molecular flexibility index (Phi) is 7.98. The summed E-state index contributed by atoms with van der Waals surface area (Å²) in [5, 5.41) is 7.68. The molecule has 0 unspecified atom stereocenters. The van der Waals surface area contributed by atoms with E-state index in [0.717, 1.165) is 44.1 Å². The van der Waals surface area contributed by atoms with E-state index in [2.05, 4.69) is 62.9 Å². The van der Waals surface area contributed by atoms with Crippen molar-refractivity contribution in [2.24, 2.45) is 5.92 Å². The van der Waals surface area contributed by atoms with Crippen LogP contribution in [0.1, 0.15) is 29.1 Å². The predicted octanol–water partition coefficient (Wildman–Crippen LogP) is 4.46. The van der Waals surface area contributed by atoms with Gasteiger partial charge in [-0.25, -0.2) is 0 Å². The lowest BCUT2D eigenvalue weighted by atomic mass is 10.0. The third-order valence-electron chi connectivity index (χ3n) is 6.10. The molecule has 0 saturated carbocycles. The number of nitrogens with zero attached hydrogens (tertiary/aromatic N) is 2. The first-order valence-electron chi connectivity index (χ1n) is 11.8. The molecule has 178 valence electrons. The molecule has 1 saturated heterocycles. The molecule has 1 fully saturated rings. The molecule has 4 rings (SSSR count). The molecule has 2 amide bonds. The van der Waals surface area contributed by atoms with Crippen molar-refractivity contribution < 1.29 is 9.59 Å². The van der Waals surface area contributed by atoms with Gasteiger partial charge in [0.25, 0.3) is 5.91 Å². The van der Waals surface area contributed by atoms with Gasteiger partial charge in [0.1, 0.15) is 6.04 Å². The molecular weight excluding hydrogens is 444 g/mol. The summed E-state index contributed by atoms with van der Waals surface area (Å²) in [5.74, 6) is -0.455. The third kappa shape index (κ3) is 6.24. The normalized spacial score (nSPS) is 15.2. The first kappa shape index (κ1) is 24.0. The number of anilines is 2. The van der Waals surface area contributed by atoms with Crippen molar-refractivity contribution in [1.82, 2.24) is 10.2 Å². The summed E-state index contributed by atoms with van der Waals surface area (Å²) in [6.45, 7) is 8.84. The minimum absolute atomic E-state index is 0.0321. The quantitative estimate of drug-likeness (QED) is 0.504. The minimum atomic E-state index is -0.605. The second-order valence-corrected chi connectivity index (χ2v) is 9.91. The molecule has 7 heteroatoms. The molecule has 3 aromatic rings. The second-order valence-electron chi connectivity index (χ2n) is 8.96. The average Bonchev–Trinajstić information content (AvgIpc) is 3.39. The van der Waals surface area contributed by atoms with Crippen LogP contribution in [-0.4, -0.2) is 48.9 Å². The van der Waals surface area contributed by atoms with Gasteiger partial charge in [-0.1, -0.05) is 50.2 Å². The van der Waals surface area contributed by atoms with Crippen LogP contribution in [0.25, 0.3) is 0 Å². The van der Waals surface area contributed by atoms with Crippen molar-refractivity contribution in [3.05, 3.63) is 82.6 Å². The molecule has 0 bridgehead atoms. The van der Waals surface area contributed by atoms with Crippen LogP contribution in [0.5, 0.6) is 0 Å². The zero-order chi connectivity index (χ0) is 23.9. The fourth-order valence-corrected chi connectivity index (χ4v) is 4.76. The molecule has 1 atom stereocenters. The monoisotopic (exact) mass is 476 g/mol. The SMILES string of the molecule is CC(C)[C@@H](NC(=O)c1cccs1)C(=O)Nc1ccc(N2CCN(Cc3ccccc3)CC2)cc1. The maximum absolute atomic E-state index is 12.9. The Labute approximate surface area is 205 Å². The molecule has 1 aromatic heterocycles. The molecule has 0 aliphatic carbocycles. The van der Waals surface area contributed by atoms with Gasteiger partial charge >= 0.3 is 0 Å². The summed E-state index contributed by atoms with van der Waals surface area (Å²) < 4.78 is 0. The number of benzene rings is 2. The fourth-order valence-electron chi connectivity index (χ4n) is 4.14. The van der Waals surface area contributed by atoms with Gasteiger partial charge < -0.3 is 15.5 Å². The zero-order valence-corrected chi connectivity index (χ0v) is 20.6. The van der Waals surface area contributed by atoms with Crippen molar-refractivity contribution in [1.29, 1.82) is 0 Å². The van der Waals surface area contributed by atoms with Crippen LogP contribution in [0.3, 0.4) is 0 Å². The smallest absolute Gasteiger partial charge is 0.262 e. The van der Waals surface area contributed by atoms with Crippen molar-refractivity contribution in [3.8, 4) is 0 Å². The highest BCUT2D eigenvalue weighted by atomic mass is 32.1. The van der Waals surface area contributed by atoms with E-state index in [-0.39, 0.29) is 17.7 Å². The molecule has 34 heavy (non-hydrogen) atoms. The maximum atomic E-state index is 12.9. The van der Waals surface area contributed by atoms with Crippen molar-refractivity contribution in [2.45, 2.75) is 26.4 Å². The molecule has 1 aliphatic heterocycles. The van der Waals surface area contributed by atoms with Crippen LogP contribution in [0.15, 0.2) is 72.1 Å². The van der Waals surface area contributed by atoms with E-state index in [0.29, 0.717) is 4.88 Å². The first-order valence-corrected chi connectivity index (χ1v) is 12.6. The first-order chi connectivity index (χ1) is 16.5. The number of hydrogen-bond acceptors (Lipinski definition) is 5. The molecule has 0 radical (unpaired) electrons. The van der Waals surface area contributed by atoms with E-state index in [4.69, 9.17) is 0 Å². The van der Waals surface area contributed by atoms with Gasteiger partial charge in [-0.3, -0.25) is 14.5 Å². The summed E-state index contributed by atoms with van der Waals surface area (Å²) in [5.41, 5.74) is 3.23. The Hall–Kier alpha value is -3.16. The summed E-state index contributed by atoms with van der Waals surface area (Å²) in [4.78, 5) is 30.8. The molecule has 2 heterocycles. The zero-order valence-electron chi connectivity index (χ0n) is 19.7. The highest BCUT2D eigenvalue weighted by Crippen LogP contribution is 2.21. The van der Waals surface area contributed by atoms with E-state index >= 15 is 0 Å². The number of piperazine rings is 1. The fraction of sp³-hybridized carbons (Fsp3) is 0.333. The number of thiophene rings is 1. The molecular formula is C27H32N4O2S. The lowest BCUT2D eigenvalue weighted by Crippen LogP contribution is -2.47. The average molecular weight is 477 g/mol. The Morgan fingerprint density at radius 3 is 2.24 bits per heavy atom. The molecule has 2 N–H and O–H groups in total. The van der Waals surface area contributed by atoms with E-state index in [9.17, 15) is 9.59 Å². The van der Waals surface area contributed by atoms with Gasteiger partial charge in [-0.2, -0.15) is 0 Å². The standard InChI is InChI=1S/C27H32N4O2S/c1-20(2)25(29-26(32)24-9-6-18-34-24)27(33)28-22-10-12-23(13-11-22)31-16-14-30(15-17-31)19-21-7-4-3-5-8-21/h3-13,18,20,25H,14-17,19H2,1-2H3,(H,28,33)(H,29,32)/t25-/m1/s1. The van der Waals surface area contributed by atoms with Crippen LogP contribution in [-0.2, 0) is 11.3 Å². The van der Waals surface area contributed by atoms with Gasteiger partial charge in [0, 0.05) is 44.1 Å². The molecule has 2 aromatic carbocycles. The summed E-state index contributed by atoms with van der Waals surface area (Å²) >= 11 is 1.36. The molecule has 0 spiro atoms. The minimum Gasteiger partial charge on any atom is -0.369 e. The van der Waals surface area contributed by atoms with Crippen LogP contribution in [0.4, 0.5) is 11.4 Å². The Morgan fingerprint density at radius 2 is 1.62 bits per heavy atom. The second kappa shape index (κ2) is 11.3. The van der Waals surface area contributed by atoms with E-state index in [1.54, 1.807) is 6.07 Å². The number of carbonyl (C=O) groups is 2.